The minimum atomic E-state index is -0.0619. The van der Waals surface area contributed by atoms with Gasteiger partial charge in [0, 0.05) is 30.2 Å². The monoisotopic (exact) mass is 211 g/mol. The number of rotatable bonds is 5. The first kappa shape index (κ1) is 10.6. The van der Waals surface area contributed by atoms with Gasteiger partial charge in [0.05, 0.1) is 13.2 Å². The van der Waals surface area contributed by atoms with Crippen molar-refractivity contribution in [3.05, 3.63) is 11.8 Å². The first-order valence-electron chi connectivity index (χ1n) is 5.44. The van der Waals surface area contributed by atoms with E-state index in [1.807, 2.05) is 6.92 Å². The Balaban J connectivity index is 1.82. The molecule has 4 nitrogen and oxygen atoms in total. The first-order valence-corrected chi connectivity index (χ1v) is 5.44. The maximum atomic E-state index is 11.3. The molecule has 2 aliphatic rings. The molecule has 3 atom stereocenters. The summed E-state index contributed by atoms with van der Waals surface area (Å²) in [4.78, 5) is 11.3. The molecule has 2 N–H and O–H groups in total. The van der Waals surface area contributed by atoms with E-state index < -0.39 is 0 Å². The molecule has 0 aliphatic heterocycles. The quantitative estimate of drug-likeness (QED) is 0.671. The van der Waals surface area contributed by atoms with Crippen molar-refractivity contribution in [2.75, 3.05) is 19.8 Å². The molecule has 1 fully saturated rings. The highest BCUT2D eigenvalue weighted by Crippen LogP contribution is 2.47. The van der Waals surface area contributed by atoms with Crippen LogP contribution in [0.4, 0.5) is 0 Å². The summed E-state index contributed by atoms with van der Waals surface area (Å²) in [7, 11) is 0. The Bertz CT molecular complexity index is 288. The molecule has 0 aromatic carbocycles. The summed E-state index contributed by atoms with van der Waals surface area (Å²) in [5.74, 6) is 0.667. The van der Waals surface area contributed by atoms with Crippen LogP contribution in [0.5, 0.6) is 0 Å². The number of nitrogens with two attached hydrogens (primary N) is 1. The van der Waals surface area contributed by atoms with Gasteiger partial charge in [0.1, 0.15) is 6.10 Å². The van der Waals surface area contributed by atoms with Gasteiger partial charge in [0.25, 0.3) is 0 Å². The van der Waals surface area contributed by atoms with Gasteiger partial charge >= 0.3 is 0 Å². The van der Waals surface area contributed by atoms with Gasteiger partial charge in [-0.25, -0.2) is 0 Å². The van der Waals surface area contributed by atoms with Gasteiger partial charge in [-0.05, 0) is 13.3 Å². The number of fused-ring (bicyclic) bond motifs is 1. The standard InChI is InChI=1S/C11H17NO3/c1-2-14-3-4-15-11-8-5-7(8)10(13)6-9(11)12/h6-8,11H,2-5,12H2,1H3/t7-,8+,11+/m0/s1. The van der Waals surface area contributed by atoms with Crippen molar-refractivity contribution in [2.24, 2.45) is 17.6 Å². The Morgan fingerprint density at radius 1 is 1.53 bits per heavy atom. The number of ketones is 1. The Labute approximate surface area is 89.4 Å². The van der Waals surface area contributed by atoms with E-state index in [4.69, 9.17) is 15.2 Å². The predicted molar refractivity (Wildman–Crippen MR) is 55.1 cm³/mol. The van der Waals surface area contributed by atoms with E-state index in [1.54, 1.807) is 0 Å². The van der Waals surface area contributed by atoms with Crippen LogP contribution < -0.4 is 5.73 Å². The van der Waals surface area contributed by atoms with E-state index in [0.717, 1.165) is 6.42 Å². The zero-order valence-corrected chi connectivity index (χ0v) is 8.94. The topological polar surface area (TPSA) is 61.6 Å². The second kappa shape index (κ2) is 4.33. The SMILES string of the molecule is CCOCCO[C@H]1C(N)=CC(=O)[C@H]2C[C@H]21. The summed E-state index contributed by atoms with van der Waals surface area (Å²) in [6, 6.07) is 0. The molecular formula is C11H17NO3. The molecule has 0 unspecified atom stereocenters. The first-order chi connectivity index (χ1) is 7.24. The maximum absolute atomic E-state index is 11.3. The van der Waals surface area contributed by atoms with Gasteiger partial charge in [-0.15, -0.1) is 0 Å². The third kappa shape index (κ3) is 2.21. The highest BCUT2D eigenvalue weighted by Gasteiger charge is 2.51. The molecule has 2 rings (SSSR count). The predicted octanol–water partition coefficient (Wildman–Crippen LogP) is 0.469. The minimum Gasteiger partial charge on any atom is -0.400 e. The summed E-state index contributed by atoms with van der Waals surface area (Å²) < 4.78 is 10.8. The van der Waals surface area contributed by atoms with Crippen LogP contribution in [0.15, 0.2) is 11.8 Å². The van der Waals surface area contributed by atoms with Gasteiger partial charge in [-0.1, -0.05) is 0 Å². The fourth-order valence-corrected chi connectivity index (χ4v) is 2.08. The van der Waals surface area contributed by atoms with Gasteiger partial charge in [-0.2, -0.15) is 0 Å². The van der Waals surface area contributed by atoms with E-state index in [2.05, 4.69) is 0 Å². The molecule has 0 bridgehead atoms. The van der Waals surface area contributed by atoms with Crippen LogP contribution in [-0.2, 0) is 14.3 Å². The zero-order chi connectivity index (χ0) is 10.8. The molecule has 1 saturated carbocycles. The lowest BCUT2D eigenvalue weighted by Gasteiger charge is -2.21. The normalized spacial score (nSPS) is 33.5. The molecule has 4 heteroatoms. The molecule has 0 radical (unpaired) electrons. The van der Waals surface area contributed by atoms with E-state index in [-0.39, 0.29) is 17.8 Å². The van der Waals surface area contributed by atoms with Crippen molar-refractivity contribution < 1.29 is 14.3 Å². The number of allylic oxidation sites excluding steroid dienone is 1. The summed E-state index contributed by atoms with van der Waals surface area (Å²) in [5.41, 5.74) is 6.35. The fraction of sp³-hybridized carbons (Fsp3) is 0.727. The van der Waals surface area contributed by atoms with Crippen LogP contribution in [0.3, 0.4) is 0 Å². The van der Waals surface area contributed by atoms with E-state index in [1.165, 1.54) is 6.08 Å². The Morgan fingerprint density at radius 2 is 2.33 bits per heavy atom. The Morgan fingerprint density at radius 3 is 3.07 bits per heavy atom. The Hall–Kier alpha value is -0.870. The minimum absolute atomic E-state index is 0.0619. The third-order valence-electron chi connectivity index (χ3n) is 2.96. The van der Waals surface area contributed by atoms with E-state index in [9.17, 15) is 4.79 Å². The Kier molecular flexibility index (Phi) is 3.07. The molecular weight excluding hydrogens is 194 g/mol. The van der Waals surface area contributed by atoms with Crippen LogP contribution >= 0.6 is 0 Å². The largest absolute Gasteiger partial charge is 0.400 e. The van der Waals surface area contributed by atoms with Crippen molar-refractivity contribution in [1.82, 2.24) is 0 Å². The zero-order valence-electron chi connectivity index (χ0n) is 8.94. The smallest absolute Gasteiger partial charge is 0.160 e. The lowest BCUT2D eigenvalue weighted by molar-refractivity contribution is -0.117. The van der Waals surface area contributed by atoms with Crippen LogP contribution in [0.2, 0.25) is 0 Å². The van der Waals surface area contributed by atoms with Gasteiger partial charge in [-0.3, -0.25) is 4.79 Å². The average molecular weight is 211 g/mol. The van der Waals surface area contributed by atoms with Crippen molar-refractivity contribution in [1.29, 1.82) is 0 Å². The molecule has 0 saturated heterocycles. The summed E-state index contributed by atoms with van der Waals surface area (Å²) in [6.07, 6.45) is 2.39. The summed E-state index contributed by atoms with van der Waals surface area (Å²) >= 11 is 0. The molecule has 0 spiro atoms. The van der Waals surface area contributed by atoms with Gasteiger partial charge < -0.3 is 15.2 Å². The summed E-state index contributed by atoms with van der Waals surface area (Å²) in [5, 5.41) is 0. The second-order valence-electron chi connectivity index (χ2n) is 4.04. The van der Waals surface area contributed by atoms with Crippen molar-refractivity contribution >= 4 is 5.78 Å². The number of carbonyl (C=O) groups is 1. The molecule has 84 valence electrons. The number of carbonyl (C=O) groups excluding carboxylic acids is 1. The molecule has 0 aromatic rings. The van der Waals surface area contributed by atoms with Crippen molar-refractivity contribution in [3.8, 4) is 0 Å². The number of hydrogen-bond donors (Lipinski definition) is 1. The van der Waals surface area contributed by atoms with Crippen LogP contribution in [0, 0.1) is 11.8 Å². The van der Waals surface area contributed by atoms with E-state index >= 15 is 0 Å². The molecule has 2 aliphatic carbocycles. The molecule has 0 heterocycles. The number of ether oxygens (including phenoxy) is 2. The summed E-state index contributed by atoms with van der Waals surface area (Å²) in [6.45, 7) is 3.78. The fourth-order valence-electron chi connectivity index (χ4n) is 2.08. The van der Waals surface area contributed by atoms with Crippen LogP contribution in [0.25, 0.3) is 0 Å². The van der Waals surface area contributed by atoms with Crippen molar-refractivity contribution in [3.63, 3.8) is 0 Å². The number of hydrogen-bond acceptors (Lipinski definition) is 4. The molecule has 0 aromatic heterocycles. The van der Waals surface area contributed by atoms with Crippen LogP contribution in [-0.4, -0.2) is 31.7 Å². The second-order valence-corrected chi connectivity index (χ2v) is 4.04. The van der Waals surface area contributed by atoms with E-state index in [0.29, 0.717) is 31.4 Å². The molecule has 15 heavy (non-hydrogen) atoms. The maximum Gasteiger partial charge on any atom is 0.160 e. The highest BCUT2D eigenvalue weighted by atomic mass is 16.5. The third-order valence-corrected chi connectivity index (χ3v) is 2.96. The lowest BCUT2D eigenvalue weighted by atomic mass is 10.0. The van der Waals surface area contributed by atoms with Gasteiger partial charge in [0.15, 0.2) is 5.78 Å². The molecule has 0 amide bonds. The van der Waals surface area contributed by atoms with Crippen LogP contribution in [0.1, 0.15) is 13.3 Å². The van der Waals surface area contributed by atoms with Crippen molar-refractivity contribution in [2.45, 2.75) is 19.4 Å². The highest BCUT2D eigenvalue weighted by molar-refractivity contribution is 5.96. The van der Waals surface area contributed by atoms with Gasteiger partial charge in [0.2, 0.25) is 0 Å². The average Bonchev–Trinajstić information content (AvgIpc) is 2.96. The lowest BCUT2D eigenvalue weighted by Crippen LogP contribution is -2.30.